The summed E-state index contributed by atoms with van der Waals surface area (Å²) < 4.78 is 2.08. The summed E-state index contributed by atoms with van der Waals surface area (Å²) in [6, 6.07) is 9.60. The Labute approximate surface area is 159 Å². The molecule has 0 bridgehead atoms. The molecule has 3 aromatic rings. The van der Waals surface area contributed by atoms with Crippen molar-refractivity contribution in [2.45, 2.75) is 25.7 Å². The fraction of sp³-hybridized carbons (Fsp3) is 0.250. The van der Waals surface area contributed by atoms with Gasteiger partial charge in [-0.05, 0) is 55.6 Å². The number of aromatic nitrogens is 2. The van der Waals surface area contributed by atoms with Gasteiger partial charge < -0.3 is 4.98 Å². The summed E-state index contributed by atoms with van der Waals surface area (Å²) in [5.41, 5.74) is 2.07. The maximum absolute atomic E-state index is 13.0. The number of para-hydroxylation sites is 1. The maximum atomic E-state index is 13.0. The zero-order chi connectivity index (χ0) is 14.4. The van der Waals surface area contributed by atoms with E-state index in [0.717, 1.165) is 28.7 Å². The molecule has 2 aromatic heterocycles. The largest absolute Gasteiger partial charge is 0.323 e. The first kappa shape index (κ1) is 16.1. The molecule has 0 spiro atoms. The van der Waals surface area contributed by atoms with Crippen LogP contribution in [-0.2, 0) is 12.8 Å². The standard InChI is InChI=1S/C16H14N2OS2.Na/c19-15-13-11-8-4-5-9-12(11)21-14(13)17-16(20)18(15)10-6-2-1-3-7-10;/h1-3,6-7H,4-5,8-9H2,(H,17,20);. The molecule has 0 saturated carbocycles. The summed E-state index contributed by atoms with van der Waals surface area (Å²) in [7, 11) is 0. The molecule has 0 aliphatic heterocycles. The molecule has 1 N–H and O–H groups in total. The minimum atomic E-state index is 0. The van der Waals surface area contributed by atoms with Crippen LogP contribution in [0.5, 0.6) is 0 Å². The Bertz CT molecular complexity index is 940. The summed E-state index contributed by atoms with van der Waals surface area (Å²) in [6.45, 7) is 0. The van der Waals surface area contributed by atoms with Gasteiger partial charge in [-0.15, -0.1) is 11.3 Å². The molecule has 1 aliphatic carbocycles. The fourth-order valence-corrected chi connectivity index (χ4v) is 4.68. The van der Waals surface area contributed by atoms with Crippen molar-refractivity contribution in [3.63, 3.8) is 0 Å². The van der Waals surface area contributed by atoms with E-state index >= 15 is 0 Å². The van der Waals surface area contributed by atoms with Gasteiger partial charge in [0.1, 0.15) is 4.83 Å². The number of hydrogen-bond donors (Lipinski definition) is 1. The van der Waals surface area contributed by atoms with E-state index in [1.54, 1.807) is 15.9 Å². The van der Waals surface area contributed by atoms with Gasteiger partial charge in [0, 0.05) is 34.4 Å². The van der Waals surface area contributed by atoms with Crippen molar-refractivity contribution in [1.29, 1.82) is 0 Å². The molecule has 0 saturated heterocycles. The summed E-state index contributed by atoms with van der Waals surface area (Å²) >= 11 is 7.10. The Kier molecular flexibility index (Phi) is 4.71. The average Bonchev–Trinajstić information content (AvgIpc) is 2.86. The van der Waals surface area contributed by atoms with E-state index in [1.165, 1.54) is 23.3 Å². The van der Waals surface area contributed by atoms with E-state index in [9.17, 15) is 4.79 Å². The summed E-state index contributed by atoms with van der Waals surface area (Å²) in [5.74, 6) is 0. The minimum Gasteiger partial charge on any atom is -0.323 e. The van der Waals surface area contributed by atoms with Crippen LogP contribution in [0.25, 0.3) is 15.9 Å². The van der Waals surface area contributed by atoms with Crippen molar-refractivity contribution in [2.75, 3.05) is 0 Å². The summed E-state index contributed by atoms with van der Waals surface area (Å²) in [5, 5.41) is 0.840. The van der Waals surface area contributed by atoms with Gasteiger partial charge in [-0.25, -0.2) is 0 Å². The van der Waals surface area contributed by atoms with Crippen LogP contribution < -0.4 is 5.56 Å². The Hall–Kier alpha value is -0.720. The summed E-state index contributed by atoms with van der Waals surface area (Å²) in [4.78, 5) is 18.5. The molecular formula is C16H14N2NaOS2. The Morgan fingerprint density at radius 1 is 1.14 bits per heavy atom. The SMILES string of the molecule is O=c1c2c3c(sc2[nH]c(=S)n1-c1ccccc1)CCCC3.[Na]. The van der Waals surface area contributed by atoms with Crippen molar-refractivity contribution in [2.24, 2.45) is 0 Å². The average molecular weight is 337 g/mol. The van der Waals surface area contributed by atoms with Crippen molar-refractivity contribution < 1.29 is 0 Å². The quantitative estimate of drug-likeness (QED) is 0.544. The zero-order valence-corrected chi connectivity index (χ0v) is 16.0. The molecule has 1 aromatic carbocycles. The van der Waals surface area contributed by atoms with Gasteiger partial charge in [-0.1, -0.05) is 18.2 Å². The number of nitrogens with one attached hydrogen (secondary N) is 1. The van der Waals surface area contributed by atoms with E-state index in [-0.39, 0.29) is 35.1 Å². The molecule has 4 rings (SSSR count). The van der Waals surface area contributed by atoms with Gasteiger partial charge in [0.25, 0.3) is 5.56 Å². The molecule has 3 nitrogen and oxygen atoms in total. The molecule has 6 heteroatoms. The van der Waals surface area contributed by atoms with Crippen LogP contribution in [0.1, 0.15) is 23.3 Å². The molecule has 22 heavy (non-hydrogen) atoms. The van der Waals surface area contributed by atoms with Crippen LogP contribution in [0, 0.1) is 4.77 Å². The number of fused-ring (bicyclic) bond motifs is 3. The minimum absolute atomic E-state index is 0. The molecule has 0 unspecified atom stereocenters. The van der Waals surface area contributed by atoms with Gasteiger partial charge >= 0.3 is 0 Å². The molecule has 0 amide bonds. The van der Waals surface area contributed by atoms with Gasteiger partial charge in [-0.2, -0.15) is 0 Å². The second-order valence-corrected chi connectivity index (χ2v) is 6.81. The van der Waals surface area contributed by atoms with Crippen molar-refractivity contribution in [3.05, 3.63) is 55.9 Å². The van der Waals surface area contributed by atoms with Gasteiger partial charge in [0.05, 0.1) is 11.1 Å². The number of benzene rings is 1. The number of nitrogens with zero attached hydrogens (tertiary/aromatic N) is 1. The van der Waals surface area contributed by atoms with Crippen molar-refractivity contribution in [1.82, 2.24) is 9.55 Å². The van der Waals surface area contributed by atoms with E-state index < -0.39 is 0 Å². The first-order valence-electron chi connectivity index (χ1n) is 7.11. The normalized spacial score (nSPS) is 13.6. The molecule has 1 aliphatic rings. The van der Waals surface area contributed by atoms with Gasteiger partial charge in [0.15, 0.2) is 4.77 Å². The number of rotatable bonds is 1. The van der Waals surface area contributed by atoms with E-state index in [1.807, 2.05) is 30.3 Å². The molecule has 2 heterocycles. The number of aryl methyl sites for hydroxylation is 2. The third-order valence-electron chi connectivity index (χ3n) is 4.03. The monoisotopic (exact) mass is 337 g/mol. The molecular weight excluding hydrogens is 323 g/mol. The third-order valence-corrected chi connectivity index (χ3v) is 5.52. The second kappa shape index (κ2) is 6.42. The Morgan fingerprint density at radius 3 is 2.64 bits per heavy atom. The van der Waals surface area contributed by atoms with Crippen LogP contribution in [0.2, 0.25) is 0 Å². The topological polar surface area (TPSA) is 37.8 Å². The maximum Gasteiger partial charge on any atom is 0.267 e. The van der Waals surface area contributed by atoms with Crippen molar-refractivity contribution >= 4 is 63.3 Å². The van der Waals surface area contributed by atoms with Crippen LogP contribution in [0.15, 0.2) is 35.1 Å². The smallest absolute Gasteiger partial charge is 0.267 e. The van der Waals surface area contributed by atoms with Crippen LogP contribution >= 0.6 is 23.6 Å². The van der Waals surface area contributed by atoms with Crippen molar-refractivity contribution in [3.8, 4) is 5.69 Å². The van der Waals surface area contributed by atoms with Crippen LogP contribution in [0.4, 0.5) is 0 Å². The second-order valence-electron chi connectivity index (χ2n) is 5.32. The zero-order valence-electron chi connectivity index (χ0n) is 12.4. The van der Waals surface area contributed by atoms with Crippen LogP contribution in [0.3, 0.4) is 0 Å². The van der Waals surface area contributed by atoms with Gasteiger partial charge in [0.2, 0.25) is 0 Å². The number of H-pyrrole nitrogens is 1. The number of aromatic amines is 1. The predicted octanol–water partition coefficient (Wildman–Crippen LogP) is 3.61. The number of thiophene rings is 1. The summed E-state index contributed by atoms with van der Waals surface area (Å²) in [6.07, 6.45) is 4.47. The first-order chi connectivity index (χ1) is 10.3. The van der Waals surface area contributed by atoms with Gasteiger partial charge in [-0.3, -0.25) is 9.36 Å². The molecule has 0 atom stereocenters. The first-order valence-corrected chi connectivity index (χ1v) is 8.33. The Balaban J connectivity index is 0.00000144. The predicted molar refractivity (Wildman–Crippen MR) is 95.0 cm³/mol. The molecule has 107 valence electrons. The third kappa shape index (κ3) is 2.55. The van der Waals surface area contributed by atoms with E-state index in [4.69, 9.17) is 12.2 Å². The van der Waals surface area contributed by atoms with E-state index in [0.29, 0.717) is 4.77 Å². The van der Waals surface area contributed by atoms with Crippen LogP contribution in [-0.4, -0.2) is 39.1 Å². The fourth-order valence-electron chi connectivity index (χ4n) is 3.05. The molecule has 0 fully saturated rings. The number of hydrogen-bond acceptors (Lipinski definition) is 3. The van der Waals surface area contributed by atoms with E-state index in [2.05, 4.69) is 4.98 Å². The Morgan fingerprint density at radius 2 is 1.86 bits per heavy atom. The molecule has 1 radical (unpaired) electrons.